The lowest BCUT2D eigenvalue weighted by Crippen LogP contribution is -2.21. The van der Waals surface area contributed by atoms with Gasteiger partial charge in [-0.15, -0.1) is 0 Å². The molecule has 5 N–H and O–H groups in total. The van der Waals surface area contributed by atoms with Crippen LogP contribution >= 0.6 is 0 Å². The van der Waals surface area contributed by atoms with Crippen LogP contribution in [0.25, 0.3) is 0 Å². The molecular formula is C15H19N3. The average Bonchev–Trinajstić information content (AvgIpc) is 2.49. The van der Waals surface area contributed by atoms with Crippen LogP contribution in [0.3, 0.4) is 0 Å². The number of nitrogens with two attached hydrogens (primary N) is 2. The van der Waals surface area contributed by atoms with Crippen molar-refractivity contribution in [2.45, 2.75) is 6.04 Å². The molecule has 0 saturated heterocycles. The van der Waals surface area contributed by atoms with E-state index in [4.69, 9.17) is 11.1 Å². The SMILES string of the molecule is CN.N=C(c1ccccc1)C(N)c1ccccc1. The van der Waals surface area contributed by atoms with E-state index in [9.17, 15) is 0 Å². The summed E-state index contributed by atoms with van der Waals surface area (Å²) < 4.78 is 0. The van der Waals surface area contributed by atoms with E-state index < -0.39 is 0 Å². The summed E-state index contributed by atoms with van der Waals surface area (Å²) in [6, 6.07) is 18.9. The van der Waals surface area contributed by atoms with E-state index in [1.54, 1.807) is 0 Å². The van der Waals surface area contributed by atoms with E-state index >= 15 is 0 Å². The van der Waals surface area contributed by atoms with Gasteiger partial charge in [-0.25, -0.2) is 0 Å². The van der Waals surface area contributed by atoms with Gasteiger partial charge in [0.15, 0.2) is 0 Å². The number of hydrogen-bond donors (Lipinski definition) is 3. The van der Waals surface area contributed by atoms with Crippen molar-refractivity contribution in [1.29, 1.82) is 5.41 Å². The highest BCUT2D eigenvalue weighted by Gasteiger charge is 2.12. The molecule has 18 heavy (non-hydrogen) atoms. The fraction of sp³-hybridized carbons (Fsp3) is 0.133. The minimum absolute atomic E-state index is 0.358. The van der Waals surface area contributed by atoms with E-state index in [0.29, 0.717) is 5.71 Å². The van der Waals surface area contributed by atoms with Crippen LogP contribution in [0.4, 0.5) is 0 Å². The molecule has 0 spiro atoms. The molecule has 0 bridgehead atoms. The molecule has 3 nitrogen and oxygen atoms in total. The second-order valence-electron chi connectivity index (χ2n) is 3.67. The zero-order valence-corrected chi connectivity index (χ0v) is 10.5. The van der Waals surface area contributed by atoms with Crippen molar-refractivity contribution in [3.63, 3.8) is 0 Å². The molecule has 0 aliphatic carbocycles. The highest BCUT2D eigenvalue weighted by molar-refractivity contribution is 6.02. The van der Waals surface area contributed by atoms with E-state index in [-0.39, 0.29) is 6.04 Å². The van der Waals surface area contributed by atoms with Crippen molar-refractivity contribution in [3.8, 4) is 0 Å². The zero-order valence-electron chi connectivity index (χ0n) is 10.5. The van der Waals surface area contributed by atoms with E-state index in [2.05, 4.69) is 5.73 Å². The predicted octanol–water partition coefficient (Wildman–Crippen LogP) is 2.33. The number of hydrogen-bond acceptors (Lipinski definition) is 3. The Hall–Kier alpha value is -1.97. The van der Waals surface area contributed by atoms with Crippen LogP contribution in [0, 0.1) is 5.41 Å². The minimum atomic E-state index is -0.358. The number of benzene rings is 2. The van der Waals surface area contributed by atoms with Gasteiger partial charge in [0.2, 0.25) is 0 Å². The lowest BCUT2D eigenvalue weighted by atomic mass is 9.98. The predicted molar refractivity (Wildman–Crippen MR) is 76.8 cm³/mol. The Morgan fingerprint density at radius 3 is 1.83 bits per heavy atom. The first-order valence-electron chi connectivity index (χ1n) is 5.81. The van der Waals surface area contributed by atoms with Crippen LogP contribution in [-0.4, -0.2) is 12.8 Å². The maximum atomic E-state index is 8.05. The lowest BCUT2D eigenvalue weighted by Gasteiger charge is -2.13. The topological polar surface area (TPSA) is 75.9 Å². The van der Waals surface area contributed by atoms with Crippen LogP contribution < -0.4 is 11.5 Å². The van der Waals surface area contributed by atoms with Crippen molar-refractivity contribution in [3.05, 3.63) is 71.8 Å². The van der Waals surface area contributed by atoms with Crippen molar-refractivity contribution in [2.75, 3.05) is 7.05 Å². The van der Waals surface area contributed by atoms with Crippen molar-refractivity contribution in [2.24, 2.45) is 11.5 Å². The third kappa shape index (κ3) is 3.52. The Balaban J connectivity index is 0.000000771. The van der Waals surface area contributed by atoms with Crippen LogP contribution in [0.5, 0.6) is 0 Å². The molecule has 0 radical (unpaired) electrons. The summed E-state index contributed by atoms with van der Waals surface area (Å²) in [7, 11) is 1.50. The van der Waals surface area contributed by atoms with Gasteiger partial charge in [0.1, 0.15) is 0 Å². The third-order valence-electron chi connectivity index (χ3n) is 2.55. The van der Waals surface area contributed by atoms with Gasteiger partial charge in [-0.2, -0.15) is 0 Å². The molecule has 2 aromatic rings. The standard InChI is InChI=1S/C14H14N2.CH5N/c15-13(11-7-3-1-4-8-11)14(16)12-9-5-2-6-10-12;1-2/h1-10,13,16H,15H2;2H2,1H3. The molecule has 94 valence electrons. The Kier molecular flexibility index (Phi) is 5.77. The maximum Gasteiger partial charge on any atom is 0.0725 e. The number of nitrogens with one attached hydrogen (secondary N) is 1. The quantitative estimate of drug-likeness (QED) is 0.721. The van der Waals surface area contributed by atoms with E-state index in [1.165, 1.54) is 7.05 Å². The summed E-state index contributed by atoms with van der Waals surface area (Å²) >= 11 is 0. The van der Waals surface area contributed by atoms with Gasteiger partial charge in [0.25, 0.3) is 0 Å². The highest BCUT2D eigenvalue weighted by atomic mass is 14.7. The second-order valence-corrected chi connectivity index (χ2v) is 3.67. The van der Waals surface area contributed by atoms with Crippen LogP contribution in [0.2, 0.25) is 0 Å². The summed E-state index contributed by atoms with van der Waals surface area (Å²) in [5.41, 5.74) is 12.8. The number of rotatable bonds is 3. The molecule has 1 atom stereocenters. The molecule has 0 amide bonds. The van der Waals surface area contributed by atoms with Gasteiger partial charge in [-0.05, 0) is 18.2 Å². The molecule has 2 rings (SSSR count). The first kappa shape index (κ1) is 14.1. The van der Waals surface area contributed by atoms with Crippen LogP contribution in [-0.2, 0) is 0 Å². The Morgan fingerprint density at radius 1 is 0.889 bits per heavy atom. The average molecular weight is 241 g/mol. The molecule has 0 heterocycles. The maximum absolute atomic E-state index is 8.05. The largest absolute Gasteiger partial charge is 0.333 e. The molecule has 3 heteroatoms. The first-order valence-corrected chi connectivity index (χ1v) is 5.81. The first-order chi connectivity index (χ1) is 8.79. The zero-order chi connectivity index (χ0) is 13.4. The van der Waals surface area contributed by atoms with Gasteiger partial charge in [-0.3, -0.25) is 0 Å². The smallest absolute Gasteiger partial charge is 0.0725 e. The van der Waals surface area contributed by atoms with Gasteiger partial charge >= 0.3 is 0 Å². The van der Waals surface area contributed by atoms with Crippen LogP contribution in [0.15, 0.2) is 60.7 Å². The lowest BCUT2D eigenvalue weighted by molar-refractivity contribution is 0.952. The Morgan fingerprint density at radius 2 is 1.33 bits per heavy atom. The normalized spacial score (nSPS) is 11.1. The summed E-state index contributed by atoms with van der Waals surface area (Å²) in [6.45, 7) is 0. The van der Waals surface area contributed by atoms with Gasteiger partial charge in [0.05, 0.1) is 11.8 Å². The van der Waals surface area contributed by atoms with Crippen molar-refractivity contribution < 1.29 is 0 Å². The van der Waals surface area contributed by atoms with Gasteiger partial charge in [0, 0.05) is 0 Å². The molecule has 1 unspecified atom stereocenters. The highest BCUT2D eigenvalue weighted by Crippen LogP contribution is 2.15. The molecule has 0 fully saturated rings. The summed E-state index contributed by atoms with van der Waals surface area (Å²) in [6.07, 6.45) is 0. The Bertz CT molecular complexity index is 466. The summed E-state index contributed by atoms with van der Waals surface area (Å²) in [5, 5.41) is 8.05. The summed E-state index contributed by atoms with van der Waals surface area (Å²) in [4.78, 5) is 0. The summed E-state index contributed by atoms with van der Waals surface area (Å²) in [5.74, 6) is 0. The fourth-order valence-corrected chi connectivity index (χ4v) is 1.62. The molecule has 2 aromatic carbocycles. The van der Waals surface area contributed by atoms with Gasteiger partial charge < -0.3 is 16.9 Å². The van der Waals surface area contributed by atoms with Gasteiger partial charge in [-0.1, -0.05) is 60.7 Å². The molecule has 0 saturated carbocycles. The van der Waals surface area contributed by atoms with Crippen molar-refractivity contribution in [1.82, 2.24) is 0 Å². The minimum Gasteiger partial charge on any atom is -0.333 e. The molecular weight excluding hydrogens is 222 g/mol. The fourth-order valence-electron chi connectivity index (χ4n) is 1.62. The monoisotopic (exact) mass is 241 g/mol. The molecule has 0 aliphatic rings. The molecule has 0 aliphatic heterocycles. The second kappa shape index (κ2) is 7.37. The molecule has 0 aromatic heterocycles. The van der Waals surface area contributed by atoms with E-state index in [0.717, 1.165) is 11.1 Å². The van der Waals surface area contributed by atoms with Crippen LogP contribution in [0.1, 0.15) is 17.2 Å². The third-order valence-corrected chi connectivity index (χ3v) is 2.55. The Labute approximate surface area is 108 Å². The van der Waals surface area contributed by atoms with Crippen molar-refractivity contribution >= 4 is 5.71 Å². The van der Waals surface area contributed by atoms with E-state index in [1.807, 2.05) is 60.7 Å².